The molecule has 0 N–H and O–H groups in total. The minimum atomic E-state index is 0.0780. The predicted octanol–water partition coefficient (Wildman–Crippen LogP) is 1.95. The highest BCUT2D eigenvalue weighted by molar-refractivity contribution is 5.89. The number of nitrogens with zero attached hydrogens (tertiary/aromatic N) is 2. The molecule has 1 rings (SSSR count). The molecule has 1 aliphatic heterocycles. The standard InChI is InChI=1S/C12H22N2O2/c1-5-9(3)13-11(15)7-8-12(16)14(13)10(4)6-2/h9-10H,5-8H2,1-4H3/t9-,10+. The molecular formula is C12H22N2O2. The molecule has 0 aromatic heterocycles. The molecule has 1 saturated heterocycles. The van der Waals surface area contributed by atoms with Gasteiger partial charge in [-0.2, -0.15) is 0 Å². The summed E-state index contributed by atoms with van der Waals surface area (Å²) in [7, 11) is 0. The van der Waals surface area contributed by atoms with Crippen LogP contribution in [-0.2, 0) is 9.59 Å². The summed E-state index contributed by atoms with van der Waals surface area (Å²) in [6.07, 6.45) is 2.45. The van der Waals surface area contributed by atoms with Gasteiger partial charge in [-0.15, -0.1) is 0 Å². The molecule has 16 heavy (non-hydrogen) atoms. The molecule has 4 heteroatoms. The second kappa shape index (κ2) is 5.32. The van der Waals surface area contributed by atoms with Crippen LogP contribution in [0.2, 0.25) is 0 Å². The maximum Gasteiger partial charge on any atom is 0.241 e. The van der Waals surface area contributed by atoms with Gasteiger partial charge in [-0.25, -0.2) is 10.0 Å². The predicted molar refractivity (Wildman–Crippen MR) is 62.4 cm³/mol. The fraction of sp³-hybridized carbons (Fsp3) is 0.833. The fourth-order valence-electron chi connectivity index (χ4n) is 1.95. The molecular weight excluding hydrogens is 204 g/mol. The van der Waals surface area contributed by atoms with Crippen LogP contribution in [-0.4, -0.2) is 33.9 Å². The number of carbonyl (C=O) groups is 2. The Balaban J connectivity index is 2.94. The van der Waals surface area contributed by atoms with Crippen molar-refractivity contribution in [2.24, 2.45) is 0 Å². The monoisotopic (exact) mass is 226 g/mol. The highest BCUT2D eigenvalue weighted by atomic mass is 16.2. The van der Waals surface area contributed by atoms with Crippen molar-refractivity contribution in [3.63, 3.8) is 0 Å². The van der Waals surface area contributed by atoms with E-state index in [1.165, 1.54) is 0 Å². The average molecular weight is 226 g/mol. The number of carbonyl (C=O) groups excluding carboxylic acids is 2. The van der Waals surface area contributed by atoms with E-state index in [9.17, 15) is 9.59 Å². The summed E-state index contributed by atoms with van der Waals surface area (Å²) in [5, 5.41) is 3.33. The van der Waals surface area contributed by atoms with Crippen LogP contribution in [0, 0.1) is 0 Å². The second-order valence-electron chi connectivity index (χ2n) is 4.49. The van der Waals surface area contributed by atoms with Gasteiger partial charge in [0, 0.05) is 12.8 Å². The molecule has 0 aromatic carbocycles. The van der Waals surface area contributed by atoms with Gasteiger partial charge in [0.25, 0.3) is 0 Å². The smallest absolute Gasteiger partial charge is 0.241 e. The van der Waals surface area contributed by atoms with Crippen LogP contribution < -0.4 is 0 Å². The topological polar surface area (TPSA) is 40.6 Å². The van der Waals surface area contributed by atoms with Gasteiger partial charge < -0.3 is 0 Å². The summed E-state index contributed by atoms with van der Waals surface area (Å²) in [6.45, 7) is 8.05. The van der Waals surface area contributed by atoms with Crippen LogP contribution in [0.25, 0.3) is 0 Å². The van der Waals surface area contributed by atoms with Crippen molar-refractivity contribution in [1.29, 1.82) is 0 Å². The summed E-state index contributed by atoms with van der Waals surface area (Å²) in [5.74, 6) is 0.156. The second-order valence-corrected chi connectivity index (χ2v) is 4.49. The van der Waals surface area contributed by atoms with Crippen molar-refractivity contribution in [3.8, 4) is 0 Å². The molecule has 0 aliphatic carbocycles. The third kappa shape index (κ3) is 2.36. The van der Waals surface area contributed by atoms with E-state index in [0.29, 0.717) is 12.8 Å². The van der Waals surface area contributed by atoms with Gasteiger partial charge in [-0.3, -0.25) is 9.59 Å². The quantitative estimate of drug-likeness (QED) is 0.735. The van der Waals surface area contributed by atoms with Crippen LogP contribution >= 0.6 is 0 Å². The summed E-state index contributed by atoms with van der Waals surface area (Å²) in [4.78, 5) is 23.8. The molecule has 0 aromatic rings. The van der Waals surface area contributed by atoms with E-state index in [-0.39, 0.29) is 23.9 Å². The lowest BCUT2D eigenvalue weighted by Gasteiger charge is -2.44. The van der Waals surface area contributed by atoms with Gasteiger partial charge in [-0.1, -0.05) is 13.8 Å². The van der Waals surface area contributed by atoms with Crippen molar-refractivity contribution in [1.82, 2.24) is 10.0 Å². The van der Waals surface area contributed by atoms with E-state index in [4.69, 9.17) is 0 Å². The van der Waals surface area contributed by atoms with Gasteiger partial charge in [0.05, 0.1) is 12.1 Å². The van der Waals surface area contributed by atoms with E-state index >= 15 is 0 Å². The normalized spacial score (nSPS) is 21.2. The lowest BCUT2D eigenvalue weighted by Crippen LogP contribution is -2.59. The van der Waals surface area contributed by atoms with E-state index in [1.807, 2.05) is 27.7 Å². The van der Waals surface area contributed by atoms with Gasteiger partial charge >= 0.3 is 0 Å². The first-order chi connectivity index (χ1) is 7.52. The SMILES string of the molecule is CC[C@@H](C)N1C(=O)CCC(=O)N1[C@@H](C)CC. The summed E-state index contributed by atoms with van der Waals surface area (Å²) >= 11 is 0. The number of rotatable bonds is 4. The largest absolute Gasteiger partial charge is 0.273 e. The first-order valence-electron chi connectivity index (χ1n) is 6.16. The Kier molecular flexibility index (Phi) is 4.33. The van der Waals surface area contributed by atoms with E-state index in [0.717, 1.165) is 12.8 Å². The molecule has 1 fully saturated rings. The fourth-order valence-corrected chi connectivity index (χ4v) is 1.95. The zero-order chi connectivity index (χ0) is 12.3. The molecule has 0 spiro atoms. The minimum Gasteiger partial charge on any atom is -0.273 e. The zero-order valence-electron chi connectivity index (χ0n) is 10.7. The number of hydrazine groups is 1. The van der Waals surface area contributed by atoms with Crippen LogP contribution in [0.5, 0.6) is 0 Å². The van der Waals surface area contributed by atoms with Gasteiger partial charge in [-0.05, 0) is 26.7 Å². The molecule has 0 unspecified atom stereocenters. The van der Waals surface area contributed by atoms with Crippen molar-refractivity contribution < 1.29 is 9.59 Å². The summed E-state index contributed by atoms with van der Waals surface area (Å²) in [5.41, 5.74) is 0. The molecule has 92 valence electrons. The Bertz CT molecular complexity index is 250. The lowest BCUT2D eigenvalue weighted by atomic mass is 10.1. The third-order valence-corrected chi connectivity index (χ3v) is 3.31. The van der Waals surface area contributed by atoms with Crippen molar-refractivity contribution >= 4 is 11.8 Å². The van der Waals surface area contributed by atoms with Crippen molar-refractivity contribution in [3.05, 3.63) is 0 Å². The maximum atomic E-state index is 11.9. The van der Waals surface area contributed by atoms with Gasteiger partial charge in [0.1, 0.15) is 0 Å². The van der Waals surface area contributed by atoms with Crippen molar-refractivity contribution in [2.45, 2.75) is 65.5 Å². The highest BCUT2D eigenvalue weighted by Crippen LogP contribution is 2.22. The average Bonchev–Trinajstić information content (AvgIpc) is 2.29. The van der Waals surface area contributed by atoms with E-state index in [1.54, 1.807) is 10.0 Å². The van der Waals surface area contributed by atoms with Crippen LogP contribution in [0.4, 0.5) is 0 Å². The van der Waals surface area contributed by atoms with Gasteiger partial charge in [0.2, 0.25) is 11.8 Å². The summed E-state index contributed by atoms with van der Waals surface area (Å²) in [6, 6.07) is 0.205. The minimum absolute atomic E-state index is 0.0780. The maximum absolute atomic E-state index is 11.9. The first kappa shape index (κ1) is 13.0. The number of amides is 2. The molecule has 0 bridgehead atoms. The molecule has 0 radical (unpaired) electrons. The van der Waals surface area contributed by atoms with Crippen LogP contribution in [0.15, 0.2) is 0 Å². The molecule has 2 atom stereocenters. The zero-order valence-corrected chi connectivity index (χ0v) is 10.7. The lowest BCUT2D eigenvalue weighted by molar-refractivity contribution is -0.181. The molecule has 4 nitrogen and oxygen atoms in total. The first-order valence-corrected chi connectivity index (χ1v) is 6.16. The Morgan fingerprint density at radius 2 is 1.25 bits per heavy atom. The Hall–Kier alpha value is -1.06. The Morgan fingerprint density at radius 3 is 1.50 bits per heavy atom. The Labute approximate surface area is 97.6 Å². The van der Waals surface area contributed by atoms with Crippen molar-refractivity contribution in [2.75, 3.05) is 0 Å². The molecule has 1 aliphatic rings. The molecule has 0 saturated carbocycles. The Morgan fingerprint density at radius 1 is 0.938 bits per heavy atom. The molecule has 2 amide bonds. The van der Waals surface area contributed by atoms with E-state index in [2.05, 4.69) is 0 Å². The summed E-state index contributed by atoms with van der Waals surface area (Å²) < 4.78 is 0. The van der Waals surface area contributed by atoms with Gasteiger partial charge in [0.15, 0.2) is 0 Å². The van der Waals surface area contributed by atoms with Crippen LogP contribution in [0.1, 0.15) is 53.4 Å². The number of hydrogen-bond acceptors (Lipinski definition) is 2. The third-order valence-electron chi connectivity index (χ3n) is 3.31. The highest BCUT2D eigenvalue weighted by Gasteiger charge is 2.36. The molecule has 1 heterocycles. The van der Waals surface area contributed by atoms with E-state index < -0.39 is 0 Å². The number of hydrogen-bond donors (Lipinski definition) is 0. The van der Waals surface area contributed by atoms with Crippen LogP contribution in [0.3, 0.4) is 0 Å².